The minimum absolute atomic E-state index is 0.253. The molecule has 3 rings (SSSR count). The average molecular weight is 383 g/mol. The van der Waals surface area contributed by atoms with Crippen molar-refractivity contribution < 1.29 is 28.0 Å². The summed E-state index contributed by atoms with van der Waals surface area (Å²) >= 11 is 0. The highest BCUT2D eigenvalue weighted by Crippen LogP contribution is 2.19. The minimum atomic E-state index is -0.654. The number of ether oxygens (including phenoxy) is 2. The molecule has 1 heterocycles. The van der Waals surface area contributed by atoms with Crippen LogP contribution in [-0.2, 0) is 11.3 Å². The van der Waals surface area contributed by atoms with Crippen molar-refractivity contribution in [3.05, 3.63) is 82.5 Å². The van der Waals surface area contributed by atoms with Gasteiger partial charge in [-0.2, -0.15) is 0 Å². The monoisotopic (exact) mass is 383 g/mol. The number of Topliss-reactive ketones (excluding diaryl/α,β-unsaturated/α-hetero) is 1. The number of hydrogen-bond acceptors (Lipinski definition) is 6. The third kappa shape index (κ3) is 4.62. The van der Waals surface area contributed by atoms with Crippen LogP contribution in [0.15, 0.2) is 53.1 Å². The molecule has 2 aromatic carbocycles. The van der Waals surface area contributed by atoms with Crippen molar-refractivity contribution >= 4 is 11.8 Å². The summed E-state index contributed by atoms with van der Waals surface area (Å²) in [6.07, 6.45) is 0. The molecular weight excluding hydrogens is 365 g/mol. The summed E-state index contributed by atoms with van der Waals surface area (Å²) < 4.78 is 28.7. The predicted molar refractivity (Wildman–Crippen MR) is 97.8 cm³/mol. The second-order valence-corrected chi connectivity index (χ2v) is 6.13. The Balaban J connectivity index is 1.59. The number of halogens is 1. The SMILES string of the molecule is Cc1noc(C)c1COc1cccc(C(=O)OCC(=O)c2ccc(F)cc2)c1. The van der Waals surface area contributed by atoms with E-state index in [1.54, 1.807) is 25.1 Å². The van der Waals surface area contributed by atoms with Crippen LogP contribution in [-0.4, -0.2) is 23.5 Å². The van der Waals surface area contributed by atoms with Crippen LogP contribution in [0.3, 0.4) is 0 Å². The van der Waals surface area contributed by atoms with Crippen molar-refractivity contribution in [2.75, 3.05) is 6.61 Å². The lowest BCUT2D eigenvalue weighted by Crippen LogP contribution is -2.14. The van der Waals surface area contributed by atoms with E-state index >= 15 is 0 Å². The van der Waals surface area contributed by atoms with Gasteiger partial charge in [-0.25, -0.2) is 9.18 Å². The first-order valence-corrected chi connectivity index (χ1v) is 8.54. The van der Waals surface area contributed by atoms with Gasteiger partial charge in [0.15, 0.2) is 12.4 Å². The van der Waals surface area contributed by atoms with Gasteiger partial charge in [0, 0.05) is 5.56 Å². The fraction of sp³-hybridized carbons (Fsp3) is 0.190. The standard InChI is InChI=1S/C21H18FNO5/c1-13-19(14(2)28-23-13)11-26-18-5-3-4-16(10-18)21(25)27-12-20(24)15-6-8-17(22)9-7-15/h3-10H,11-12H2,1-2H3. The van der Waals surface area contributed by atoms with Gasteiger partial charge < -0.3 is 14.0 Å². The Hall–Kier alpha value is -3.48. The number of esters is 1. The third-order valence-electron chi connectivity index (χ3n) is 4.13. The van der Waals surface area contributed by atoms with Gasteiger partial charge in [-0.1, -0.05) is 11.2 Å². The zero-order valence-corrected chi connectivity index (χ0v) is 15.4. The van der Waals surface area contributed by atoms with Gasteiger partial charge in [-0.15, -0.1) is 0 Å². The fourth-order valence-corrected chi connectivity index (χ4v) is 2.51. The second kappa shape index (κ2) is 8.47. The number of ketones is 1. The van der Waals surface area contributed by atoms with Gasteiger partial charge in [0.2, 0.25) is 0 Å². The van der Waals surface area contributed by atoms with E-state index in [1.807, 2.05) is 6.92 Å². The van der Waals surface area contributed by atoms with Crippen molar-refractivity contribution in [3.8, 4) is 5.75 Å². The van der Waals surface area contributed by atoms with Crippen LogP contribution in [0.5, 0.6) is 5.75 Å². The third-order valence-corrected chi connectivity index (χ3v) is 4.13. The van der Waals surface area contributed by atoms with E-state index in [9.17, 15) is 14.0 Å². The zero-order valence-electron chi connectivity index (χ0n) is 15.4. The molecule has 0 N–H and O–H groups in total. The quantitative estimate of drug-likeness (QED) is 0.452. The van der Waals surface area contributed by atoms with Gasteiger partial charge >= 0.3 is 5.97 Å². The summed E-state index contributed by atoms with van der Waals surface area (Å²) in [6.45, 7) is 3.43. The van der Waals surface area contributed by atoms with Crippen LogP contribution >= 0.6 is 0 Å². The lowest BCUT2D eigenvalue weighted by molar-refractivity contribution is 0.0474. The van der Waals surface area contributed by atoms with Crippen LogP contribution in [0.4, 0.5) is 4.39 Å². The maximum Gasteiger partial charge on any atom is 0.338 e. The van der Waals surface area contributed by atoms with Crippen LogP contribution in [0, 0.1) is 19.7 Å². The summed E-state index contributed by atoms with van der Waals surface area (Å²) in [6, 6.07) is 11.5. The normalized spacial score (nSPS) is 10.5. The minimum Gasteiger partial charge on any atom is -0.489 e. The number of nitrogens with zero attached hydrogens (tertiary/aromatic N) is 1. The molecule has 0 atom stereocenters. The first-order chi connectivity index (χ1) is 13.4. The molecule has 7 heteroatoms. The topological polar surface area (TPSA) is 78.6 Å². The maximum atomic E-state index is 12.9. The molecule has 3 aromatic rings. The summed E-state index contributed by atoms with van der Waals surface area (Å²) in [5.41, 5.74) is 2.11. The molecule has 28 heavy (non-hydrogen) atoms. The van der Waals surface area contributed by atoms with Gasteiger partial charge in [-0.3, -0.25) is 4.79 Å². The number of carbonyl (C=O) groups is 2. The van der Waals surface area contributed by atoms with E-state index in [-0.39, 0.29) is 17.7 Å². The van der Waals surface area contributed by atoms with E-state index < -0.39 is 24.2 Å². The Morgan fingerprint density at radius 2 is 1.82 bits per heavy atom. The number of rotatable bonds is 7. The van der Waals surface area contributed by atoms with Crippen molar-refractivity contribution in [3.63, 3.8) is 0 Å². The summed E-state index contributed by atoms with van der Waals surface area (Å²) in [5.74, 6) is -0.369. The van der Waals surface area contributed by atoms with Crippen molar-refractivity contribution in [1.29, 1.82) is 0 Å². The lowest BCUT2D eigenvalue weighted by Gasteiger charge is -2.08. The Labute approximate surface area is 160 Å². The highest BCUT2D eigenvalue weighted by atomic mass is 19.1. The van der Waals surface area contributed by atoms with Crippen molar-refractivity contribution in [1.82, 2.24) is 5.16 Å². The maximum absolute atomic E-state index is 12.9. The molecule has 0 fully saturated rings. The molecule has 6 nitrogen and oxygen atoms in total. The highest BCUT2D eigenvalue weighted by molar-refractivity contribution is 5.99. The smallest absolute Gasteiger partial charge is 0.338 e. The molecule has 0 unspecified atom stereocenters. The Morgan fingerprint density at radius 3 is 2.50 bits per heavy atom. The number of aromatic nitrogens is 1. The molecule has 0 spiro atoms. The molecule has 0 radical (unpaired) electrons. The van der Waals surface area contributed by atoms with Gasteiger partial charge in [0.1, 0.15) is 23.9 Å². The molecule has 0 bridgehead atoms. The predicted octanol–water partition coefficient (Wildman–Crippen LogP) is 4.05. The largest absolute Gasteiger partial charge is 0.489 e. The van der Waals surface area contributed by atoms with E-state index in [1.165, 1.54) is 30.3 Å². The fourth-order valence-electron chi connectivity index (χ4n) is 2.51. The Kier molecular flexibility index (Phi) is 5.84. The van der Waals surface area contributed by atoms with Gasteiger partial charge in [0.25, 0.3) is 0 Å². The van der Waals surface area contributed by atoms with Crippen molar-refractivity contribution in [2.24, 2.45) is 0 Å². The average Bonchev–Trinajstić information content (AvgIpc) is 3.02. The lowest BCUT2D eigenvalue weighted by atomic mass is 10.1. The molecule has 0 aliphatic carbocycles. The highest BCUT2D eigenvalue weighted by Gasteiger charge is 2.14. The number of aryl methyl sites for hydroxylation is 2. The van der Waals surface area contributed by atoms with E-state index in [2.05, 4.69) is 5.16 Å². The number of benzene rings is 2. The summed E-state index contributed by atoms with van der Waals surface area (Å²) in [4.78, 5) is 24.2. The van der Waals surface area contributed by atoms with E-state index in [0.717, 1.165) is 11.3 Å². The molecule has 144 valence electrons. The number of hydrogen-bond donors (Lipinski definition) is 0. The van der Waals surface area contributed by atoms with Crippen molar-refractivity contribution in [2.45, 2.75) is 20.5 Å². The molecule has 0 amide bonds. The number of carbonyl (C=O) groups excluding carboxylic acids is 2. The molecule has 0 aliphatic rings. The Bertz CT molecular complexity index is 975. The van der Waals surface area contributed by atoms with Crippen LogP contribution < -0.4 is 4.74 Å². The van der Waals surface area contributed by atoms with Gasteiger partial charge in [0.05, 0.1) is 16.8 Å². The molecule has 0 aliphatic heterocycles. The second-order valence-electron chi connectivity index (χ2n) is 6.13. The Morgan fingerprint density at radius 1 is 1.07 bits per heavy atom. The van der Waals surface area contributed by atoms with E-state index in [4.69, 9.17) is 14.0 Å². The van der Waals surface area contributed by atoms with Crippen LogP contribution in [0.1, 0.15) is 37.7 Å². The molecule has 0 saturated carbocycles. The summed E-state index contributed by atoms with van der Waals surface area (Å²) in [5, 5.41) is 3.86. The van der Waals surface area contributed by atoms with Gasteiger partial charge in [-0.05, 0) is 56.3 Å². The van der Waals surface area contributed by atoms with Crippen LogP contribution in [0.25, 0.3) is 0 Å². The summed E-state index contributed by atoms with van der Waals surface area (Å²) in [7, 11) is 0. The van der Waals surface area contributed by atoms with Crippen LogP contribution in [0.2, 0.25) is 0 Å². The molecule has 1 aromatic heterocycles. The zero-order chi connectivity index (χ0) is 20.1. The first-order valence-electron chi connectivity index (χ1n) is 8.54. The molecular formula is C21H18FNO5. The first kappa shape index (κ1) is 19.3. The van der Waals surface area contributed by atoms with E-state index in [0.29, 0.717) is 11.5 Å². The molecule has 0 saturated heterocycles.